The molecular formula is C5H7O. The topological polar surface area (TPSA) is 9.23 Å². The number of fused-ring (bicyclic) bond motifs is 1. The van der Waals surface area contributed by atoms with Gasteiger partial charge in [0.25, 0.3) is 0 Å². The molecule has 0 spiro atoms. The smallest absolute Gasteiger partial charge is 0.0978 e. The van der Waals surface area contributed by atoms with Crippen LogP contribution in [0.25, 0.3) is 0 Å². The maximum atomic E-state index is 5.14. The molecule has 0 amide bonds. The van der Waals surface area contributed by atoms with E-state index in [9.17, 15) is 0 Å². The molecule has 1 radical (unpaired) electrons. The number of ether oxygens (including phenoxy) is 1. The Morgan fingerprint density at radius 2 is 2.33 bits per heavy atom. The first-order valence-corrected chi connectivity index (χ1v) is 2.42. The van der Waals surface area contributed by atoms with Crippen LogP contribution in [0.4, 0.5) is 0 Å². The summed E-state index contributed by atoms with van der Waals surface area (Å²) in [5, 5.41) is 0. The van der Waals surface area contributed by atoms with E-state index in [1.165, 1.54) is 18.9 Å². The lowest BCUT2D eigenvalue weighted by Crippen LogP contribution is -2.09. The maximum absolute atomic E-state index is 5.14. The quantitative estimate of drug-likeness (QED) is 0.424. The molecule has 2 saturated heterocycles. The van der Waals surface area contributed by atoms with Crippen LogP contribution in [-0.2, 0) is 4.74 Å². The normalized spacial score (nSPS) is 34.0. The predicted octanol–water partition coefficient (Wildman–Crippen LogP) is 0.959. The predicted molar refractivity (Wildman–Crippen MR) is 21.9 cm³/mol. The van der Waals surface area contributed by atoms with Crippen LogP contribution in [0.1, 0.15) is 12.8 Å². The SMILES string of the molecule is C1O[C]2CC1C2. The molecule has 0 N–H and O–H groups in total. The van der Waals surface area contributed by atoms with Gasteiger partial charge in [0.1, 0.15) is 0 Å². The first-order chi connectivity index (χ1) is 2.95. The summed E-state index contributed by atoms with van der Waals surface area (Å²) < 4.78 is 5.14. The van der Waals surface area contributed by atoms with Crippen LogP contribution in [0, 0.1) is 12.0 Å². The molecule has 2 aliphatic heterocycles. The summed E-state index contributed by atoms with van der Waals surface area (Å²) in [6, 6.07) is 0. The van der Waals surface area contributed by atoms with Crippen LogP contribution in [0.2, 0.25) is 0 Å². The zero-order valence-corrected chi connectivity index (χ0v) is 3.61. The van der Waals surface area contributed by atoms with Crippen LogP contribution in [0.15, 0.2) is 0 Å². The van der Waals surface area contributed by atoms with Gasteiger partial charge in [-0.05, 0) is 18.8 Å². The summed E-state index contributed by atoms with van der Waals surface area (Å²) >= 11 is 0. The van der Waals surface area contributed by atoms with Crippen molar-refractivity contribution in [1.29, 1.82) is 0 Å². The Kier molecular flexibility index (Phi) is 0.396. The van der Waals surface area contributed by atoms with E-state index in [1.54, 1.807) is 0 Å². The molecule has 1 heteroatoms. The van der Waals surface area contributed by atoms with E-state index in [4.69, 9.17) is 4.74 Å². The van der Waals surface area contributed by atoms with Gasteiger partial charge in [-0.25, -0.2) is 0 Å². The van der Waals surface area contributed by atoms with E-state index < -0.39 is 0 Å². The minimum absolute atomic E-state index is 0.931. The van der Waals surface area contributed by atoms with Gasteiger partial charge in [-0.1, -0.05) is 0 Å². The third-order valence-corrected chi connectivity index (χ3v) is 1.56. The summed E-state index contributed by atoms with van der Waals surface area (Å²) in [5.41, 5.74) is 0. The third-order valence-electron chi connectivity index (χ3n) is 1.56. The lowest BCUT2D eigenvalue weighted by atomic mass is 9.87. The average molecular weight is 83.1 g/mol. The summed E-state index contributed by atoms with van der Waals surface area (Å²) in [5.74, 6) is 0.931. The second-order valence-corrected chi connectivity index (χ2v) is 2.12. The van der Waals surface area contributed by atoms with E-state index >= 15 is 0 Å². The fourth-order valence-electron chi connectivity index (χ4n) is 1.06. The molecule has 3 rings (SSSR count). The lowest BCUT2D eigenvalue weighted by molar-refractivity contribution is 0.223. The van der Waals surface area contributed by atoms with Crippen molar-refractivity contribution in [1.82, 2.24) is 0 Å². The average Bonchev–Trinajstić information content (AvgIpc) is 1.72. The first-order valence-electron chi connectivity index (χ1n) is 2.42. The minimum Gasteiger partial charge on any atom is -0.372 e. The van der Waals surface area contributed by atoms with Gasteiger partial charge in [0.2, 0.25) is 0 Å². The van der Waals surface area contributed by atoms with Crippen molar-refractivity contribution in [2.45, 2.75) is 12.8 Å². The second kappa shape index (κ2) is 0.784. The Morgan fingerprint density at radius 1 is 1.50 bits per heavy atom. The molecule has 0 atom stereocenters. The van der Waals surface area contributed by atoms with Gasteiger partial charge in [0, 0.05) is 0 Å². The molecule has 33 valence electrons. The fraction of sp³-hybridized carbons (Fsp3) is 0.800. The Morgan fingerprint density at radius 3 is 2.50 bits per heavy atom. The first kappa shape index (κ1) is 3.03. The van der Waals surface area contributed by atoms with E-state index in [0.29, 0.717) is 0 Å². The highest BCUT2D eigenvalue weighted by Crippen LogP contribution is 2.43. The Balaban J connectivity index is 2.16. The third kappa shape index (κ3) is 0.207. The summed E-state index contributed by atoms with van der Waals surface area (Å²) in [6.45, 7) is 1.02. The molecule has 3 aliphatic rings. The van der Waals surface area contributed by atoms with Gasteiger partial charge < -0.3 is 4.74 Å². The van der Waals surface area contributed by atoms with Crippen LogP contribution in [0.5, 0.6) is 0 Å². The zero-order chi connectivity index (χ0) is 3.98. The highest BCUT2D eigenvalue weighted by molar-refractivity contribution is 5.01. The standard InChI is InChI=1S/C5H7O/c1-4-2-5(1)6-3-4/h4H,1-3H2. The van der Waals surface area contributed by atoms with E-state index in [0.717, 1.165) is 12.5 Å². The molecule has 2 heterocycles. The highest BCUT2D eigenvalue weighted by Gasteiger charge is 2.38. The van der Waals surface area contributed by atoms with Crippen molar-refractivity contribution in [2.24, 2.45) is 5.92 Å². The summed E-state index contributed by atoms with van der Waals surface area (Å²) in [4.78, 5) is 0. The Hall–Kier alpha value is -0.0400. The van der Waals surface area contributed by atoms with Gasteiger partial charge >= 0.3 is 0 Å². The van der Waals surface area contributed by atoms with E-state index in [-0.39, 0.29) is 0 Å². The molecule has 0 unspecified atom stereocenters. The number of rotatable bonds is 0. The van der Waals surface area contributed by atoms with Crippen molar-refractivity contribution < 1.29 is 4.74 Å². The van der Waals surface area contributed by atoms with Crippen LogP contribution < -0.4 is 0 Å². The van der Waals surface area contributed by atoms with Gasteiger partial charge in [0.15, 0.2) is 0 Å². The van der Waals surface area contributed by atoms with Crippen LogP contribution in [0.3, 0.4) is 0 Å². The van der Waals surface area contributed by atoms with E-state index in [1.807, 2.05) is 0 Å². The van der Waals surface area contributed by atoms with Gasteiger partial charge in [0.05, 0.1) is 12.7 Å². The number of hydrogen-bond donors (Lipinski definition) is 0. The molecule has 2 bridgehead atoms. The molecule has 0 aromatic rings. The van der Waals surface area contributed by atoms with Gasteiger partial charge in [-0.2, -0.15) is 0 Å². The van der Waals surface area contributed by atoms with Crippen molar-refractivity contribution in [3.05, 3.63) is 6.10 Å². The van der Waals surface area contributed by atoms with Crippen LogP contribution in [-0.4, -0.2) is 6.61 Å². The monoisotopic (exact) mass is 83.0 g/mol. The van der Waals surface area contributed by atoms with Gasteiger partial charge in [-0.3, -0.25) is 0 Å². The summed E-state index contributed by atoms with van der Waals surface area (Å²) in [7, 11) is 0. The van der Waals surface area contributed by atoms with Crippen molar-refractivity contribution in [2.75, 3.05) is 6.61 Å². The van der Waals surface area contributed by atoms with Crippen LogP contribution >= 0.6 is 0 Å². The summed E-state index contributed by atoms with van der Waals surface area (Å²) in [6.07, 6.45) is 3.90. The zero-order valence-electron chi connectivity index (χ0n) is 3.61. The van der Waals surface area contributed by atoms with Crippen molar-refractivity contribution >= 4 is 0 Å². The number of hydrogen-bond acceptors (Lipinski definition) is 1. The molecule has 3 fully saturated rings. The molecular weight excluding hydrogens is 76.1 g/mol. The minimum atomic E-state index is 0.931. The molecule has 1 nitrogen and oxygen atoms in total. The fourth-order valence-corrected chi connectivity index (χ4v) is 1.06. The lowest BCUT2D eigenvalue weighted by Gasteiger charge is -2.16. The highest BCUT2D eigenvalue weighted by atomic mass is 16.5. The van der Waals surface area contributed by atoms with Gasteiger partial charge in [-0.15, -0.1) is 0 Å². The van der Waals surface area contributed by atoms with Crippen molar-refractivity contribution in [3.63, 3.8) is 0 Å². The molecule has 6 heavy (non-hydrogen) atoms. The van der Waals surface area contributed by atoms with Crippen molar-refractivity contribution in [3.8, 4) is 0 Å². The Bertz CT molecular complexity index is 50.8. The second-order valence-electron chi connectivity index (χ2n) is 2.12. The van der Waals surface area contributed by atoms with E-state index in [2.05, 4.69) is 0 Å². The molecule has 0 aromatic carbocycles. The maximum Gasteiger partial charge on any atom is 0.0978 e. The Labute approximate surface area is 37.3 Å². The molecule has 0 aromatic heterocycles. The molecule has 1 saturated carbocycles. The largest absolute Gasteiger partial charge is 0.372 e. The molecule has 1 aliphatic carbocycles.